The van der Waals surface area contributed by atoms with Crippen LogP contribution in [0.25, 0.3) is 0 Å². The molecule has 0 bridgehead atoms. The smallest absolute Gasteiger partial charge is 0.190 e. The van der Waals surface area contributed by atoms with E-state index in [4.69, 9.17) is 5.11 Å². The molecule has 0 saturated carbocycles. The number of aryl methyl sites for hydroxylation is 1. The van der Waals surface area contributed by atoms with E-state index in [1.807, 2.05) is 13.1 Å². The minimum atomic E-state index is 0.340. The summed E-state index contributed by atoms with van der Waals surface area (Å²) in [6.45, 7) is 2.06. The lowest BCUT2D eigenvalue weighted by molar-refractivity contribution is 0.429. The first kappa shape index (κ1) is 6.20. The van der Waals surface area contributed by atoms with Crippen molar-refractivity contribution in [1.82, 2.24) is 4.57 Å². The molecular weight excluding hydrogens is 114 g/mol. The molecule has 2 nitrogen and oxygen atoms in total. The second-order valence-corrected chi connectivity index (χ2v) is 2.10. The van der Waals surface area contributed by atoms with E-state index in [0.717, 1.165) is 12.1 Å². The van der Waals surface area contributed by atoms with Crippen LogP contribution >= 0.6 is 0 Å². The van der Waals surface area contributed by atoms with Gasteiger partial charge in [-0.25, -0.2) is 0 Å². The molecule has 0 aliphatic heterocycles. The van der Waals surface area contributed by atoms with Gasteiger partial charge in [0.2, 0.25) is 0 Å². The lowest BCUT2D eigenvalue weighted by atomic mass is 10.3. The molecule has 0 amide bonds. The summed E-state index contributed by atoms with van der Waals surface area (Å²) in [5.41, 5.74) is 1.16. The molecule has 0 aromatic carbocycles. The van der Waals surface area contributed by atoms with E-state index in [-0.39, 0.29) is 0 Å². The van der Waals surface area contributed by atoms with E-state index < -0.39 is 0 Å². The SMILES string of the molecule is CCc1ccc(O)n1C. The molecule has 50 valence electrons. The quantitative estimate of drug-likeness (QED) is 0.601. The third-order valence-corrected chi connectivity index (χ3v) is 1.56. The molecule has 0 spiro atoms. The summed E-state index contributed by atoms with van der Waals surface area (Å²) in [5, 5.41) is 9.03. The van der Waals surface area contributed by atoms with Gasteiger partial charge in [-0.3, -0.25) is 0 Å². The lowest BCUT2D eigenvalue weighted by Crippen LogP contribution is -1.92. The number of aromatic nitrogens is 1. The summed E-state index contributed by atoms with van der Waals surface area (Å²) >= 11 is 0. The number of nitrogens with zero attached hydrogens (tertiary/aromatic N) is 1. The molecule has 0 saturated heterocycles. The highest BCUT2D eigenvalue weighted by Crippen LogP contribution is 2.12. The Bertz CT molecular complexity index is 203. The average Bonchev–Trinajstić information content (AvgIpc) is 2.15. The fourth-order valence-corrected chi connectivity index (χ4v) is 0.896. The first-order valence-corrected chi connectivity index (χ1v) is 3.09. The predicted octanol–water partition coefficient (Wildman–Crippen LogP) is 1.29. The first-order valence-electron chi connectivity index (χ1n) is 3.09. The van der Waals surface area contributed by atoms with Crippen molar-refractivity contribution in [2.24, 2.45) is 7.05 Å². The van der Waals surface area contributed by atoms with Crippen molar-refractivity contribution in [1.29, 1.82) is 0 Å². The fourth-order valence-electron chi connectivity index (χ4n) is 0.896. The molecule has 2 heteroatoms. The van der Waals surface area contributed by atoms with Crippen LogP contribution in [-0.2, 0) is 13.5 Å². The van der Waals surface area contributed by atoms with Crippen LogP contribution in [0.5, 0.6) is 5.88 Å². The van der Waals surface area contributed by atoms with Gasteiger partial charge in [0.15, 0.2) is 5.88 Å². The Morgan fingerprint density at radius 1 is 1.56 bits per heavy atom. The Labute approximate surface area is 54.7 Å². The number of hydrogen-bond donors (Lipinski definition) is 1. The summed E-state index contributed by atoms with van der Waals surface area (Å²) in [6, 6.07) is 3.63. The molecule has 1 aromatic rings. The van der Waals surface area contributed by atoms with Crippen molar-refractivity contribution in [3.8, 4) is 5.88 Å². The minimum Gasteiger partial charge on any atom is -0.494 e. The maximum atomic E-state index is 9.03. The molecule has 1 aromatic heterocycles. The van der Waals surface area contributed by atoms with E-state index >= 15 is 0 Å². The maximum Gasteiger partial charge on any atom is 0.190 e. The van der Waals surface area contributed by atoms with E-state index in [9.17, 15) is 0 Å². The summed E-state index contributed by atoms with van der Waals surface area (Å²) in [7, 11) is 1.86. The third-order valence-electron chi connectivity index (χ3n) is 1.56. The van der Waals surface area contributed by atoms with Crippen molar-refractivity contribution in [3.63, 3.8) is 0 Å². The zero-order valence-corrected chi connectivity index (χ0v) is 5.76. The molecular formula is C7H11NO. The largest absolute Gasteiger partial charge is 0.494 e. The zero-order chi connectivity index (χ0) is 6.85. The number of aromatic hydroxyl groups is 1. The lowest BCUT2D eigenvalue weighted by Gasteiger charge is -1.98. The zero-order valence-electron chi connectivity index (χ0n) is 5.76. The van der Waals surface area contributed by atoms with Crippen molar-refractivity contribution in [3.05, 3.63) is 17.8 Å². The van der Waals surface area contributed by atoms with Gasteiger partial charge < -0.3 is 9.67 Å². The second-order valence-electron chi connectivity index (χ2n) is 2.10. The predicted molar refractivity (Wildman–Crippen MR) is 36.5 cm³/mol. The molecule has 0 unspecified atom stereocenters. The van der Waals surface area contributed by atoms with Crippen LogP contribution in [0.2, 0.25) is 0 Å². The summed E-state index contributed by atoms with van der Waals surface area (Å²) in [4.78, 5) is 0. The number of rotatable bonds is 1. The van der Waals surface area contributed by atoms with Crippen molar-refractivity contribution in [2.45, 2.75) is 13.3 Å². The first-order chi connectivity index (χ1) is 4.25. The van der Waals surface area contributed by atoms with Crippen molar-refractivity contribution < 1.29 is 5.11 Å². The minimum absolute atomic E-state index is 0.340. The normalized spacial score (nSPS) is 10.0. The Hall–Kier alpha value is -0.920. The monoisotopic (exact) mass is 125 g/mol. The molecule has 0 aliphatic rings. The van der Waals surface area contributed by atoms with Gasteiger partial charge in [0.05, 0.1) is 0 Å². The van der Waals surface area contributed by atoms with Crippen LogP contribution in [0.1, 0.15) is 12.6 Å². The van der Waals surface area contributed by atoms with Crippen molar-refractivity contribution in [2.75, 3.05) is 0 Å². The van der Waals surface area contributed by atoms with E-state index in [1.165, 1.54) is 0 Å². The van der Waals surface area contributed by atoms with Gasteiger partial charge >= 0.3 is 0 Å². The Morgan fingerprint density at radius 3 is 2.44 bits per heavy atom. The van der Waals surface area contributed by atoms with Gasteiger partial charge in [-0.1, -0.05) is 6.92 Å². The molecule has 1 heterocycles. The van der Waals surface area contributed by atoms with Crippen LogP contribution in [0.15, 0.2) is 12.1 Å². The topological polar surface area (TPSA) is 25.2 Å². The Balaban J connectivity index is 3.04. The molecule has 1 N–H and O–H groups in total. The van der Waals surface area contributed by atoms with Crippen LogP contribution in [-0.4, -0.2) is 9.67 Å². The summed E-state index contributed by atoms with van der Waals surface area (Å²) < 4.78 is 1.78. The average molecular weight is 125 g/mol. The molecule has 0 radical (unpaired) electrons. The van der Waals surface area contributed by atoms with Crippen molar-refractivity contribution >= 4 is 0 Å². The molecule has 0 fully saturated rings. The van der Waals surface area contributed by atoms with Gasteiger partial charge in [-0.2, -0.15) is 0 Å². The molecule has 0 aliphatic carbocycles. The Morgan fingerprint density at radius 2 is 2.22 bits per heavy atom. The molecule has 9 heavy (non-hydrogen) atoms. The maximum absolute atomic E-state index is 9.03. The van der Waals surface area contributed by atoms with E-state index in [2.05, 4.69) is 6.92 Å². The van der Waals surface area contributed by atoms with Crippen LogP contribution in [0.4, 0.5) is 0 Å². The van der Waals surface area contributed by atoms with Crippen LogP contribution < -0.4 is 0 Å². The van der Waals surface area contributed by atoms with Gasteiger partial charge in [0.25, 0.3) is 0 Å². The second kappa shape index (κ2) is 2.13. The fraction of sp³-hybridized carbons (Fsp3) is 0.429. The third kappa shape index (κ3) is 0.922. The van der Waals surface area contributed by atoms with Gasteiger partial charge in [0, 0.05) is 12.7 Å². The van der Waals surface area contributed by atoms with Gasteiger partial charge in [-0.05, 0) is 18.6 Å². The highest BCUT2D eigenvalue weighted by Gasteiger charge is 1.97. The highest BCUT2D eigenvalue weighted by atomic mass is 16.3. The molecule has 1 rings (SSSR count). The molecule has 0 atom stereocenters. The number of hydrogen-bond acceptors (Lipinski definition) is 1. The summed E-state index contributed by atoms with van der Waals surface area (Å²) in [5.74, 6) is 0.340. The van der Waals surface area contributed by atoms with Gasteiger partial charge in [-0.15, -0.1) is 0 Å². The highest BCUT2D eigenvalue weighted by molar-refractivity contribution is 5.19. The van der Waals surface area contributed by atoms with Crippen LogP contribution in [0.3, 0.4) is 0 Å². The Kier molecular flexibility index (Phi) is 1.47. The summed E-state index contributed by atoms with van der Waals surface area (Å²) in [6.07, 6.45) is 0.969. The van der Waals surface area contributed by atoms with Crippen LogP contribution in [0, 0.1) is 0 Å². The van der Waals surface area contributed by atoms with E-state index in [0.29, 0.717) is 5.88 Å². The standard InChI is InChI=1S/C7H11NO/c1-3-6-4-5-7(9)8(6)2/h4-5,9H,3H2,1-2H3. The van der Waals surface area contributed by atoms with E-state index in [1.54, 1.807) is 10.6 Å². The van der Waals surface area contributed by atoms with Gasteiger partial charge in [0.1, 0.15) is 0 Å².